The van der Waals surface area contributed by atoms with Crippen molar-refractivity contribution < 1.29 is 18.3 Å². The third-order valence-corrected chi connectivity index (χ3v) is 2.53. The fraction of sp³-hybridized carbons (Fsp3) is 0.900. The first-order valence-electron chi connectivity index (χ1n) is 5.38. The van der Waals surface area contributed by atoms with Crippen LogP contribution in [0, 0.1) is 0 Å². The van der Waals surface area contributed by atoms with Crippen LogP contribution < -0.4 is 0 Å². The van der Waals surface area contributed by atoms with Crippen molar-refractivity contribution >= 4 is 17.0 Å². The van der Waals surface area contributed by atoms with Crippen molar-refractivity contribution in [3.8, 4) is 0 Å². The lowest BCUT2D eigenvalue weighted by atomic mass is 10.1. The summed E-state index contributed by atoms with van der Waals surface area (Å²) in [5.41, 5.74) is 0. The van der Waals surface area contributed by atoms with E-state index in [9.17, 15) is 13.6 Å². The molecule has 0 spiro atoms. The zero-order valence-electron chi connectivity index (χ0n) is 9.20. The van der Waals surface area contributed by atoms with Gasteiger partial charge in [-0.15, -0.1) is 0 Å². The maximum absolute atomic E-state index is 11.0. The Kier molecular flexibility index (Phi) is 9.83. The summed E-state index contributed by atoms with van der Waals surface area (Å²) in [5, 5.41) is 0. The van der Waals surface area contributed by atoms with Crippen molar-refractivity contribution in [2.75, 3.05) is 12.4 Å². The third kappa shape index (κ3) is 11.5. The molecule has 0 bridgehead atoms. The number of hydrogen-bond acceptors (Lipinski definition) is 4. The van der Waals surface area contributed by atoms with Crippen molar-refractivity contribution in [3.63, 3.8) is 0 Å². The van der Waals surface area contributed by atoms with Crippen LogP contribution in [-0.2, 0) is 20.6 Å². The summed E-state index contributed by atoms with van der Waals surface area (Å²) < 4.78 is 25.3. The van der Waals surface area contributed by atoms with Crippen LogP contribution in [0.2, 0.25) is 0 Å². The number of rotatable bonds is 9. The molecule has 0 aromatic carbocycles. The highest BCUT2D eigenvalue weighted by atomic mass is 32.2. The molecular formula is C10H19O4S-. The standard InChI is InChI=1S/C10H20O4S/c1-2-8-14-10(11)7-5-3-4-6-9-15(12)13/h2-9H2,1H3,(H,12,13)/p-1. The van der Waals surface area contributed by atoms with Gasteiger partial charge in [0.2, 0.25) is 0 Å². The van der Waals surface area contributed by atoms with Gasteiger partial charge in [0.25, 0.3) is 0 Å². The molecule has 4 nitrogen and oxygen atoms in total. The monoisotopic (exact) mass is 235 g/mol. The zero-order chi connectivity index (χ0) is 11.5. The van der Waals surface area contributed by atoms with E-state index in [4.69, 9.17) is 4.74 Å². The second-order valence-electron chi connectivity index (χ2n) is 3.39. The third-order valence-electron chi connectivity index (χ3n) is 1.91. The lowest BCUT2D eigenvalue weighted by molar-refractivity contribution is -0.143. The predicted octanol–water partition coefficient (Wildman–Crippen LogP) is 1.77. The molecule has 0 aliphatic carbocycles. The summed E-state index contributed by atoms with van der Waals surface area (Å²) in [7, 11) is 0. The second kappa shape index (κ2) is 10.1. The Morgan fingerprint density at radius 3 is 2.53 bits per heavy atom. The maximum atomic E-state index is 11.0. The molecule has 15 heavy (non-hydrogen) atoms. The molecule has 0 radical (unpaired) electrons. The van der Waals surface area contributed by atoms with Crippen molar-refractivity contribution in [1.29, 1.82) is 0 Å². The van der Waals surface area contributed by atoms with E-state index < -0.39 is 11.1 Å². The van der Waals surface area contributed by atoms with Crippen LogP contribution in [0.5, 0.6) is 0 Å². The zero-order valence-corrected chi connectivity index (χ0v) is 10.0. The Hall–Kier alpha value is -0.420. The van der Waals surface area contributed by atoms with E-state index in [1.807, 2.05) is 6.92 Å². The van der Waals surface area contributed by atoms with Crippen molar-refractivity contribution in [1.82, 2.24) is 0 Å². The van der Waals surface area contributed by atoms with E-state index in [0.717, 1.165) is 25.7 Å². The molecule has 90 valence electrons. The quantitative estimate of drug-likeness (QED) is 0.347. The highest BCUT2D eigenvalue weighted by Crippen LogP contribution is 2.04. The Morgan fingerprint density at radius 1 is 1.27 bits per heavy atom. The van der Waals surface area contributed by atoms with Crippen LogP contribution in [0.4, 0.5) is 0 Å². The van der Waals surface area contributed by atoms with Crippen LogP contribution in [0.3, 0.4) is 0 Å². The van der Waals surface area contributed by atoms with E-state index in [1.165, 1.54) is 0 Å². The van der Waals surface area contributed by atoms with Crippen molar-refractivity contribution in [3.05, 3.63) is 0 Å². The SMILES string of the molecule is CCCOC(=O)CCCCCCS(=O)[O-]. The fourth-order valence-corrected chi connectivity index (χ4v) is 1.57. The van der Waals surface area contributed by atoms with Crippen LogP contribution >= 0.6 is 0 Å². The summed E-state index contributed by atoms with van der Waals surface area (Å²) in [4.78, 5) is 11.0. The summed E-state index contributed by atoms with van der Waals surface area (Å²) >= 11 is -1.93. The molecule has 0 rings (SSSR count). The highest BCUT2D eigenvalue weighted by molar-refractivity contribution is 7.79. The van der Waals surface area contributed by atoms with Gasteiger partial charge >= 0.3 is 5.97 Å². The molecule has 0 saturated heterocycles. The van der Waals surface area contributed by atoms with E-state index in [1.54, 1.807) is 0 Å². The molecule has 0 aromatic rings. The first kappa shape index (κ1) is 14.6. The van der Waals surface area contributed by atoms with Gasteiger partial charge in [0.05, 0.1) is 6.61 Å². The number of esters is 1. The molecule has 0 aromatic heterocycles. The first-order valence-corrected chi connectivity index (χ1v) is 6.62. The molecule has 5 heteroatoms. The highest BCUT2D eigenvalue weighted by Gasteiger charge is 2.01. The van der Waals surface area contributed by atoms with Gasteiger partial charge in [0.1, 0.15) is 0 Å². The largest absolute Gasteiger partial charge is 0.772 e. The number of carbonyl (C=O) groups excluding carboxylic acids is 1. The maximum Gasteiger partial charge on any atom is 0.305 e. The summed E-state index contributed by atoms with van der Waals surface area (Å²) in [6.45, 7) is 2.45. The molecule has 0 amide bonds. The number of hydrogen-bond donors (Lipinski definition) is 0. The predicted molar refractivity (Wildman–Crippen MR) is 58.1 cm³/mol. The Morgan fingerprint density at radius 2 is 1.93 bits per heavy atom. The van der Waals surface area contributed by atoms with Crippen LogP contribution in [0.1, 0.15) is 45.4 Å². The minimum atomic E-state index is -1.93. The van der Waals surface area contributed by atoms with Gasteiger partial charge in [-0.1, -0.05) is 30.8 Å². The molecule has 0 fully saturated rings. The van der Waals surface area contributed by atoms with Crippen LogP contribution in [0.15, 0.2) is 0 Å². The van der Waals surface area contributed by atoms with Gasteiger partial charge < -0.3 is 9.29 Å². The van der Waals surface area contributed by atoms with E-state index in [0.29, 0.717) is 19.4 Å². The topological polar surface area (TPSA) is 66.4 Å². The minimum absolute atomic E-state index is 0.149. The summed E-state index contributed by atoms with van der Waals surface area (Å²) in [6, 6.07) is 0. The molecule has 0 saturated carbocycles. The van der Waals surface area contributed by atoms with Crippen molar-refractivity contribution in [2.24, 2.45) is 0 Å². The molecule has 0 N–H and O–H groups in total. The first-order chi connectivity index (χ1) is 7.16. The number of ether oxygens (including phenoxy) is 1. The van der Waals surface area contributed by atoms with Gasteiger partial charge in [-0.05, 0) is 19.3 Å². The lowest BCUT2D eigenvalue weighted by Crippen LogP contribution is -2.04. The Bertz CT molecular complexity index is 194. The van der Waals surface area contributed by atoms with Gasteiger partial charge in [-0.2, -0.15) is 0 Å². The number of carbonyl (C=O) groups is 1. The smallest absolute Gasteiger partial charge is 0.305 e. The minimum Gasteiger partial charge on any atom is -0.772 e. The molecule has 0 heterocycles. The second-order valence-corrected chi connectivity index (χ2v) is 4.41. The summed E-state index contributed by atoms with van der Waals surface area (Å²) in [6.07, 6.45) is 4.50. The molecule has 1 unspecified atom stereocenters. The Balaban J connectivity index is 3.16. The lowest BCUT2D eigenvalue weighted by Gasteiger charge is -2.04. The van der Waals surface area contributed by atoms with Gasteiger partial charge in [0, 0.05) is 12.2 Å². The van der Waals surface area contributed by atoms with Gasteiger partial charge in [0.15, 0.2) is 0 Å². The van der Waals surface area contributed by atoms with E-state index in [-0.39, 0.29) is 11.7 Å². The average molecular weight is 235 g/mol. The number of unbranched alkanes of at least 4 members (excludes halogenated alkanes) is 3. The van der Waals surface area contributed by atoms with E-state index in [2.05, 4.69) is 0 Å². The van der Waals surface area contributed by atoms with Crippen LogP contribution in [0.25, 0.3) is 0 Å². The fourth-order valence-electron chi connectivity index (χ4n) is 1.13. The molecule has 0 aliphatic heterocycles. The molecule has 1 atom stereocenters. The normalized spacial score (nSPS) is 12.4. The van der Waals surface area contributed by atoms with Gasteiger partial charge in [-0.3, -0.25) is 9.00 Å². The van der Waals surface area contributed by atoms with Gasteiger partial charge in [-0.25, -0.2) is 0 Å². The van der Waals surface area contributed by atoms with Crippen molar-refractivity contribution in [2.45, 2.75) is 45.4 Å². The van der Waals surface area contributed by atoms with Crippen LogP contribution in [-0.4, -0.2) is 27.1 Å². The molecule has 0 aliphatic rings. The molecular weight excluding hydrogens is 216 g/mol. The summed E-state index contributed by atoms with van der Waals surface area (Å²) in [5.74, 6) is 0.0737. The Labute approximate surface area is 93.7 Å². The van der Waals surface area contributed by atoms with E-state index >= 15 is 0 Å². The average Bonchev–Trinajstić information content (AvgIpc) is 2.19.